The van der Waals surface area contributed by atoms with Gasteiger partial charge >= 0.3 is 0 Å². The second-order valence-electron chi connectivity index (χ2n) is 4.32. The fourth-order valence-corrected chi connectivity index (χ4v) is 3.03. The van der Waals surface area contributed by atoms with E-state index in [1.54, 1.807) is 0 Å². The molecule has 2 heterocycles. The van der Waals surface area contributed by atoms with E-state index in [0.29, 0.717) is 4.77 Å². The zero-order valence-corrected chi connectivity index (χ0v) is 13.0. The lowest BCUT2D eigenvalue weighted by molar-refractivity contribution is 0.661. The molecule has 4 nitrogen and oxygen atoms in total. The molecule has 98 valence electrons. The highest BCUT2D eigenvalue weighted by Gasteiger charge is 2.16. The zero-order valence-electron chi connectivity index (χ0n) is 10.6. The quantitative estimate of drug-likeness (QED) is 0.719. The first-order valence-corrected chi connectivity index (χ1v) is 7.26. The minimum Gasteiger partial charge on any atom is -0.327 e. The number of fused-ring (bicyclic) bond motifs is 1. The fraction of sp³-hybridized carbons (Fsp3) is 0.231. The third-order valence-corrected chi connectivity index (χ3v) is 4.10. The number of rotatable bonds is 2. The van der Waals surface area contributed by atoms with Crippen molar-refractivity contribution in [1.82, 2.24) is 19.3 Å². The molecule has 0 saturated heterocycles. The summed E-state index contributed by atoms with van der Waals surface area (Å²) in [5, 5.41) is 4.53. The summed E-state index contributed by atoms with van der Waals surface area (Å²) in [5.74, 6) is 0. The number of imidazole rings is 1. The second kappa shape index (κ2) is 4.61. The smallest absolute Gasteiger partial charge is 0.184 e. The standard InChI is InChI=1S/C13H13BrN4S/c1-3-17-12-11(8(2)16-17)15-13(19)18(12)10-7-5-4-6-9(10)14/h4-7H,3H2,1-2H3,(H,15,19). The average molecular weight is 337 g/mol. The van der Waals surface area contributed by atoms with Crippen molar-refractivity contribution in [3.05, 3.63) is 39.2 Å². The number of hydrogen-bond acceptors (Lipinski definition) is 2. The molecular formula is C13H13BrN4S. The molecule has 3 rings (SSSR count). The van der Waals surface area contributed by atoms with E-state index in [1.165, 1.54) is 0 Å². The SMILES string of the molecule is CCn1nc(C)c2[nH]c(=S)n(-c3ccccc3Br)c21. The van der Waals surface area contributed by atoms with Crippen molar-refractivity contribution in [3.63, 3.8) is 0 Å². The number of nitrogens with one attached hydrogen (secondary N) is 1. The number of aromatic amines is 1. The number of hydrogen-bond donors (Lipinski definition) is 1. The summed E-state index contributed by atoms with van der Waals surface area (Å²) in [6, 6.07) is 8.04. The van der Waals surface area contributed by atoms with Crippen LogP contribution >= 0.6 is 28.1 Å². The predicted molar refractivity (Wildman–Crippen MR) is 82.4 cm³/mol. The van der Waals surface area contributed by atoms with E-state index in [2.05, 4.69) is 32.9 Å². The molecule has 19 heavy (non-hydrogen) atoms. The molecule has 2 aromatic heterocycles. The summed E-state index contributed by atoms with van der Waals surface area (Å²) in [6.07, 6.45) is 0. The van der Waals surface area contributed by atoms with Gasteiger partial charge in [-0.25, -0.2) is 4.68 Å². The van der Waals surface area contributed by atoms with Crippen LogP contribution in [0.25, 0.3) is 16.9 Å². The van der Waals surface area contributed by atoms with Crippen LogP contribution in [0.5, 0.6) is 0 Å². The van der Waals surface area contributed by atoms with Crippen LogP contribution in [-0.2, 0) is 6.54 Å². The van der Waals surface area contributed by atoms with Gasteiger partial charge in [0.1, 0.15) is 5.52 Å². The Morgan fingerprint density at radius 2 is 2.11 bits per heavy atom. The van der Waals surface area contributed by atoms with Crippen molar-refractivity contribution in [3.8, 4) is 5.69 Å². The van der Waals surface area contributed by atoms with Gasteiger partial charge in [-0.15, -0.1) is 0 Å². The van der Waals surface area contributed by atoms with Gasteiger partial charge in [0.15, 0.2) is 10.4 Å². The number of nitrogens with zero attached hydrogens (tertiary/aromatic N) is 3. The number of H-pyrrole nitrogens is 1. The monoisotopic (exact) mass is 336 g/mol. The molecule has 0 aliphatic rings. The Hall–Kier alpha value is -1.40. The highest BCUT2D eigenvalue weighted by Crippen LogP contribution is 2.26. The van der Waals surface area contributed by atoms with Crippen LogP contribution in [0.15, 0.2) is 28.7 Å². The maximum atomic E-state index is 5.46. The third kappa shape index (κ3) is 1.86. The Balaban J connectivity index is 2.44. The van der Waals surface area contributed by atoms with E-state index in [9.17, 15) is 0 Å². The largest absolute Gasteiger partial charge is 0.327 e. The lowest BCUT2D eigenvalue weighted by atomic mass is 10.3. The van der Waals surface area contributed by atoms with Gasteiger partial charge in [0.25, 0.3) is 0 Å². The van der Waals surface area contributed by atoms with Gasteiger partial charge in [-0.2, -0.15) is 5.10 Å². The van der Waals surface area contributed by atoms with Gasteiger partial charge in [-0.3, -0.25) is 4.57 Å². The summed E-state index contributed by atoms with van der Waals surface area (Å²) in [4.78, 5) is 3.25. The van der Waals surface area contributed by atoms with Crippen molar-refractivity contribution in [2.75, 3.05) is 0 Å². The van der Waals surface area contributed by atoms with Gasteiger partial charge < -0.3 is 4.98 Å². The molecule has 1 aromatic carbocycles. The highest BCUT2D eigenvalue weighted by molar-refractivity contribution is 9.10. The van der Waals surface area contributed by atoms with E-state index in [0.717, 1.165) is 33.6 Å². The Bertz CT molecular complexity index is 812. The Morgan fingerprint density at radius 1 is 1.37 bits per heavy atom. The number of aromatic nitrogens is 4. The number of aryl methyl sites for hydroxylation is 2. The van der Waals surface area contributed by atoms with Crippen LogP contribution in [0.1, 0.15) is 12.6 Å². The van der Waals surface area contributed by atoms with Gasteiger partial charge in [-0.05, 0) is 54.1 Å². The summed E-state index contributed by atoms with van der Waals surface area (Å²) >= 11 is 9.04. The third-order valence-electron chi connectivity index (χ3n) is 3.14. The summed E-state index contributed by atoms with van der Waals surface area (Å²) in [5.41, 5.74) is 4.00. The van der Waals surface area contributed by atoms with Crippen molar-refractivity contribution < 1.29 is 0 Å². The Morgan fingerprint density at radius 3 is 2.79 bits per heavy atom. The van der Waals surface area contributed by atoms with E-state index in [-0.39, 0.29) is 0 Å². The first-order valence-electron chi connectivity index (χ1n) is 6.06. The van der Waals surface area contributed by atoms with Crippen LogP contribution < -0.4 is 0 Å². The number of halogens is 1. The molecule has 0 amide bonds. The maximum Gasteiger partial charge on any atom is 0.184 e. The summed E-state index contributed by atoms with van der Waals surface area (Å²) in [7, 11) is 0. The molecule has 3 aromatic rings. The molecule has 0 radical (unpaired) electrons. The molecule has 6 heteroatoms. The maximum absolute atomic E-state index is 5.46. The molecule has 0 spiro atoms. The van der Waals surface area contributed by atoms with Crippen LogP contribution in [0, 0.1) is 11.7 Å². The van der Waals surface area contributed by atoms with Crippen molar-refractivity contribution in [2.45, 2.75) is 20.4 Å². The molecule has 0 aliphatic heterocycles. The van der Waals surface area contributed by atoms with Gasteiger partial charge in [0.05, 0.1) is 11.4 Å². The fourth-order valence-electron chi connectivity index (χ4n) is 2.28. The molecule has 1 N–H and O–H groups in total. The van der Waals surface area contributed by atoms with Gasteiger partial charge in [-0.1, -0.05) is 12.1 Å². The van der Waals surface area contributed by atoms with Crippen LogP contribution in [-0.4, -0.2) is 19.3 Å². The summed E-state index contributed by atoms with van der Waals surface area (Å²) < 4.78 is 5.69. The van der Waals surface area contributed by atoms with Gasteiger partial charge in [0.2, 0.25) is 0 Å². The Kier molecular flexibility index (Phi) is 3.06. The molecule has 0 unspecified atom stereocenters. The second-order valence-corrected chi connectivity index (χ2v) is 5.56. The predicted octanol–water partition coefficient (Wildman–Crippen LogP) is 3.98. The van der Waals surface area contributed by atoms with E-state index in [4.69, 9.17) is 12.2 Å². The molecule has 0 saturated carbocycles. The van der Waals surface area contributed by atoms with Crippen LogP contribution in [0.4, 0.5) is 0 Å². The lowest BCUT2D eigenvalue weighted by Crippen LogP contribution is -2.04. The van der Waals surface area contributed by atoms with E-state index < -0.39 is 0 Å². The normalized spacial score (nSPS) is 11.3. The van der Waals surface area contributed by atoms with E-state index in [1.807, 2.05) is 40.4 Å². The van der Waals surface area contributed by atoms with Crippen molar-refractivity contribution in [1.29, 1.82) is 0 Å². The minimum atomic E-state index is 0.685. The lowest BCUT2D eigenvalue weighted by Gasteiger charge is -2.08. The van der Waals surface area contributed by atoms with Crippen molar-refractivity contribution >= 4 is 39.3 Å². The first-order chi connectivity index (χ1) is 9.13. The number of para-hydroxylation sites is 1. The summed E-state index contributed by atoms with van der Waals surface area (Å²) in [6.45, 7) is 4.87. The first kappa shape index (κ1) is 12.6. The minimum absolute atomic E-state index is 0.685. The number of benzene rings is 1. The van der Waals surface area contributed by atoms with Crippen LogP contribution in [0.3, 0.4) is 0 Å². The molecule has 0 aliphatic carbocycles. The van der Waals surface area contributed by atoms with Gasteiger partial charge in [0, 0.05) is 11.0 Å². The zero-order chi connectivity index (χ0) is 13.6. The van der Waals surface area contributed by atoms with Crippen LogP contribution in [0.2, 0.25) is 0 Å². The molecule has 0 fully saturated rings. The average Bonchev–Trinajstić information content (AvgIpc) is 2.88. The topological polar surface area (TPSA) is 38.5 Å². The highest BCUT2D eigenvalue weighted by atomic mass is 79.9. The Labute approximate surface area is 124 Å². The molecule has 0 atom stereocenters. The molecule has 0 bridgehead atoms. The molecular weight excluding hydrogens is 324 g/mol. The van der Waals surface area contributed by atoms with E-state index >= 15 is 0 Å². The van der Waals surface area contributed by atoms with Crippen molar-refractivity contribution in [2.24, 2.45) is 0 Å².